The molecule has 2 saturated heterocycles. The van der Waals surface area contributed by atoms with Crippen molar-refractivity contribution >= 4 is 104 Å². The van der Waals surface area contributed by atoms with E-state index in [1.165, 1.54) is 57.0 Å². The number of nitrogens with zero attached hydrogens (tertiary/aromatic N) is 3. The number of fused-ring (bicyclic) bond motifs is 5. The van der Waals surface area contributed by atoms with Gasteiger partial charge in [-0.1, -0.05) is 94.6 Å². The standard InChI is InChI=1S/C62H83BrClN7O17S/c1-37-16-15-19-49(83-9)62(81)34-48(86-58(78)68-62)38(2)55-61(4,88-55)50(33-43(72)32-42-29-41(28-37)31-47(82-8)54(42)64)87-56(76)39(3)71(7)53(75)23-27-89-60(80)70(6)26-25-69(5)59(79)84-36-40-20-21-45(46(30-40)66-51(73)22-24-65-52(74)35-63)67-57(77)85-44-17-13-11-10-12-14-18-44/h13,15-17,19-21,29-31,38-39,44,48-50,55,81H,10-12,14,18,22-28,32-36H2,1-9H3,(H,65,74)(H,66,73)(H,67,77)(H,68,78)/b17-13+,19-15+,37-16+/t38-,39+,44?,48+,49-,50+,55+,61+,62+/m1/s1. The number of carbonyl (C=O) groups excluding carboxylic acids is 9. The SMILES string of the molecule is COc1cc2cc(c1Cl)CC(=O)C[C@H](OC(=O)[C@H](C)N(C)C(=O)CCSC(=O)N(C)CCN(C)C(=O)OCc1ccc(NC(=O)OC3/C=C/CCCCC3)c(NC(=O)CCNC(=O)CBr)c1)[C@]1(C)O[C@H]1[C@H](C)[C@@H]1C[C@@](O)(NC(=O)O1)[C@H](OC)/C=C/C=C(\C)C2. The van der Waals surface area contributed by atoms with Crippen molar-refractivity contribution in [3.63, 3.8) is 0 Å². The molecule has 24 nitrogen and oxygen atoms in total. The number of alkyl carbamates (subject to hydrolysis) is 1. The van der Waals surface area contributed by atoms with Crippen LogP contribution in [-0.4, -0.2) is 187 Å². The number of Topliss-reactive ketones (excluding diaryl/α,β-unsaturated/α-hetero) is 1. The van der Waals surface area contributed by atoms with Gasteiger partial charge in [0.25, 0.3) is 5.24 Å². The number of epoxide rings is 1. The molecular formula is C62H83BrClN7O17S. The van der Waals surface area contributed by atoms with Gasteiger partial charge in [0.05, 0.1) is 34.9 Å². The number of alkyl halides is 1. The predicted molar refractivity (Wildman–Crippen MR) is 337 cm³/mol. The number of hydrogen-bond acceptors (Lipinski definition) is 18. The first-order chi connectivity index (χ1) is 42.3. The fourth-order valence-electron chi connectivity index (χ4n) is 10.5. The van der Waals surface area contributed by atoms with Gasteiger partial charge < -0.3 is 63.6 Å². The first-order valence-electron chi connectivity index (χ1n) is 29.5. The van der Waals surface area contributed by atoms with Gasteiger partial charge in [-0.15, -0.1) is 0 Å². The Bertz CT molecular complexity index is 3010. The van der Waals surface area contributed by atoms with Gasteiger partial charge in [0, 0.05) is 91.7 Å². The fraction of sp³-hybridized carbons (Fsp3) is 0.565. The molecule has 4 bridgehead atoms. The highest BCUT2D eigenvalue weighted by Crippen LogP contribution is 2.49. The zero-order valence-corrected chi connectivity index (χ0v) is 55.0. The van der Waals surface area contributed by atoms with Gasteiger partial charge >= 0.3 is 24.2 Å². The Kier molecular flexibility index (Phi) is 26.8. The summed E-state index contributed by atoms with van der Waals surface area (Å²) < 4.78 is 40.6. The number of nitrogens with one attached hydrogen (secondary N) is 4. The minimum atomic E-state index is -1.89. The Morgan fingerprint density at radius 2 is 1.70 bits per heavy atom. The van der Waals surface area contributed by atoms with Gasteiger partial charge in [0.15, 0.2) is 5.72 Å². The van der Waals surface area contributed by atoms with E-state index >= 15 is 0 Å². The third-order valence-electron chi connectivity index (χ3n) is 16.0. The van der Waals surface area contributed by atoms with Crippen molar-refractivity contribution in [3.05, 3.63) is 88.0 Å². The number of amides is 7. The van der Waals surface area contributed by atoms with E-state index in [4.69, 9.17) is 44.8 Å². The second-order valence-electron chi connectivity index (χ2n) is 22.9. The minimum absolute atomic E-state index is 0.0420. The van der Waals surface area contributed by atoms with Crippen LogP contribution in [-0.2, 0) is 71.8 Å². The molecule has 0 radical (unpaired) electrons. The van der Waals surface area contributed by atoms with Crippen molar-refractivity contribution in [2.24, 2.45) is 5.92 Å². The number of halogens is 2. The number of ether oxygens (including phenoxy) is 7. The quantitative estimate of drug-likeness (QED) is 0.0273. The van der Waals surface area contributed by atoms with E-state index in [1.807, 2.05) is 31.2 Å². The molecule has 2 aromatic rings. The molecule has 5 N–H and O–H groups in total. The topological polar surface area (TPSA) is 300 Å². The zero-order chi connectivity index (χ0) is 65.2. The summed E-state index contributed by atoms with van der Waals surface area (Å²) in [7, 11) is 7.34. The van der Waals surface area contributed by atoms with Crippen LogP contribution in [0.15, 0.2) is 66.3 Å². The van der Waals surface area contributed by atoms with Crippen LogP contribution in [0, 0.1) is 5.92 Å². The lowest BCUT2D eigenvalue weighted by Crippen LogP contribution is -2.63. The number of anilines is 2. The molecular weight excluding hydrogens is 1260 g/mol. The maximum Gasteiger partial charge on any atom is 0.412 e. The van der Waals surface area contributed by atoms with Crippen molar-refractivity contribution in [3.8, 4) is 5.75 Å². The number of benzene rings is 2. The summed E-state index contributed by atoms with van der Waals surface area (Å²) in [6.45, 7) is 6.84. The molecule has 9 atom stereocenters. The van der Waals surface area contributed by atoms with E-state index in [0.29, 0.717) is 29.7 Å². The Morgan fingerprint density at radius 3 is 2.43 bits per heavy atom. The number of methoxy groups -OCH3 is 2. The molecule has 2 fully saturated rings. The van der Waals surface area contributed by atoms with Crippen LogP contribution in [0.5, 0.6) is 5.75 Å². The van der Waals surface area contributed by atoms with Gasteiger partial charge in [-0.3, -0.25) is 34.6 Å². The molecule has 2 aliphatic carbocycles. The number of likely N-dealkylation sites (N-methyl/N-ethyl adjacent to an activating group) is 3. The van der Waals surface area contributed by atoms with E-state index in [2.05, 4.69) is 37.2 Å². The van der Waals surface area contributed by atoms with E-state index < -0.39 is 89.9 Å². The number of esters is 1. The summed E-state index contributed by atoms with van der Waals surface area (Å²) in [6.07, 6.45) is 6.71. The summed E-state index contributed by atoms with van der Waals surface area (Å²) >= 11 is 10.7. The molecule has 2 aliphatic heterocycles. The summed E-state index contributed by atoms with van der Waals surface area (Å²) in [4.78, 5) is 123. The van der Waals surface area contributed by atoms with Gasteiger partial charge in [0.1, 0.15) is 54.2 Å². The fourth-order valence-corrected chi connectivity index (χ4v) is 11.7. The molecule has 27 heteroatoms. The number of carbonyl (C=O) groups is 9. The van der Waals surface area contributed by atoms with Gasteiger partial charge in [-0.2, -0.15) is 0 Å². The Hall–Kier alpha value is -6.71. The lowest BCUT2D eigenvalue weighted by atomic mass is 9.83. The number of rotatable bonds is 20. The number of ketones is 1. The molecule has 1 unspecified atom stereocenters. The molecule has 2 heterocycles. The second kappa shape index (κ2) is 33.4. The van der Waals surface area contributed by atoms with Crippen molar-refractivity contribution in [1.82, 2.24) is 25.3 Å². The molecule has 0 saturated carbocycles. The number of hydrogen-bond donors (Lipinski definition) is 5. The van der Waals surface area contributed by atoms with E-state index in [0.717, 1.165) is 48.6 Å². The Labute approximate surface area is 536 Å². The first kappa shape index (κ1) is 71.4. The van der Waals surface area contributed by atoms with Crippen molar-refractivity contribution in [1.29, 1.82) is 0 Å². The lowest BCUT2D eigenvalue weighted by Gasteiger charge is -2.42. The zero-order valence-electron chi connectivity index (χ0n) is 51.8. The summed E-state index contributed by atoms with van der Waals surface area (Å²) in [5.74, 6) is -2.61. The summed E-state index contributed by atoms with van der Waals surface area (Å²) in [6, 6.07) is 7.13. The predicted octanol–water partition coefficient (Wildman–Crippen LogP) is 8.38. The minimum Gasteiger partial charge on any atom is -0.495 e. The highest BCUT2D eigenvalue weighted by atomic mass is 79.9. The number of thioether (sulfide) groups is 1. The normalized spacial score (nSPS) is 25.1. The lowest BCUT2D eigenvalue weighted by molar-refractivity contribution is -0.162. The number of allylic oxidation sites excluding steroid dienone is 4. The van der Waals surface area contributed by atoms with E-state index in [9.17, 15) is 48.3 Å². The molecule has 89 heavy (non-hydrogen) atoms. The van der Waals surface area contributed by atoms with Crippen LogP contribution in [0.3, 0.4) is 0 Å². The van der Waals surface area contributed by atoms with Crippen LogP contribution in [0.1, 0.15) is 102 Å². The molecule has 6 rings (SSSR count). The van der Waals surface area contributed by atoms with Gasteiger partial charge in [-0.25, -0.2) is 19.2 Å². The maximum atomic E-state index is 14.2. The molecule has 4 aliphatic rings. The monoisotopic (exact) mass is 1340 g/mol. The van der Waals surface area contributed by atoms with Crippen molar-refractivity contribution < 1.29 is 81.4 Å². The van der Waals surface area contributed by atoms with Gasteiger partial charge in [-0.05, 0) is 93.8 Å². The average molecular weight is 1350 g/mol. The molecule has 488 valence electrons. The second-order valence-corrected chi connectivity index (χ2v) is 24.9. The largest absolute Gasteiger partial charge is 0.495 e. The van der Waals surface area contributed by atoms with Crippen molar-refractivity contribution in [2.75, 3.05) is 76.7 Å². The maximum absolute atomic E-state index is 14.2. The average Bonchev–Trinajstić information content (AvgIpc) is 1.60. The van der Waals surface area contributed by atoms with E-state index in [1.54, 1.807) is 50.3 Å². The first-order valence-corrected chi connectivity index (χ1v) is 32.0. The molecule has 0 aromatic heterocycles. The highest BCUT2D eigenvalue weighted by molar-refractivity contribution is 9.09. The third kappa shape index (κ3) is 20.7. The summed E-state index contributed by atoms with van der Waals surface area (Å²) in [5.41, 5.74) is -0.0814. The van der Waals surface area contributed by atoms with Crippen LogP contribution in [0.2, 0.25) is 5.02 Å². The smallest absolute Gasteiger partial charge is 0.412 e. The molecule has 7 amide bonds. The van der Waals surface area contributed by atoms with Crippen LogP contribution in [0.4, 0.5) is 30.6 Å². The highest BCUT2D eigenvalue weighted by Gasteiger charge is 2.64. The molecule has 0 spiro atoms. The van der Waals surface area contributed by atoms with Crippen LogP contribution < -0.4 is 26.0 Å². The third-order valence-corrected chi connectivity index (χ3v) is 17.9. The van der Waals surface area contributed by atoms with E-state index in [-0.39, 0.29) is 103 Å². The summed E-state index contributed by atoms with van der Waals surface area (Å²) in [5, 5.41) is 22.4. The van der Waals surface area contributed by atoms with Crippen LogP contribution in [0.25, 0.3) is 0 Å². The van der Waals surface area contributed by atoms with Crippen LogP contribution >= 0.6 is 39.3 Å². The molecule has 2 aromatic carbocycles. The van der Waals surface area contributed by atoms with Gasteiger partial charge in [0.2, 0.25) is 17.7 Å². The Balaban J connectivity index is 1.02. The number of aliphatic hydroxyl groups is 1. The Morgan fingerprint density at radius 1 is 0.944 bits per heavy atom. The van der Waals surface area contributed by atoms with Crippen molar-refractivity contribution in [2.45, 2.75) is 153 Å².